The molecule has 0 saturated carbocycles. The SMILES string of the molecule is CC(C)(C)OC(=O)NCCC#Cc1cc(N)ccn1. The fraction of sp³-hybridized carbons (Fsp3) is 0.429. The van der Waals surface area contributed by atoms with E-state index in [-0.39, 0.29) is 0 Å². The summed E-state index contributed by atoms with van der Waals surface area (Å²) in [4.78, 5) is 15.4. The van der Waals surface area contributed by atoms with Gasteiger partial charge in [-0.25, -0.2) is 9.78 Å². The Bertz CT molecular complexity index is 495. The summed E-state index contributed by atoms with van der Waals surface area (Å²) in [6, 6.07) is 3.41. The number of hydrogen-bond acceptors (Lipinski definition) is 4. The Kier molecular flexibility index (Phi) is 5.19. The minimum absolute atomic E-state index is 0.434. The van der Waals surface area contributed by atoms with E-state index in [0.29, 0.717) is 24.3 Å². The fourth-order valence-electron chi connectivity index (χ4n) is 1.21. The van der Waals surface area contributed by atoms with Crippen molar-refractivity contribution in [2.45, 2.75) is 32.8 Å². The maximum atomic E-state index is 11.3. The van der Waals surface area contributed by atoms with Crippen LogP contribution in [0.3, 0.4) is 0 Å². The smallest absolute Gasteiger partial charge is 0.407 e. The van der Waals surface area contributed by atoms with Crippen LogP contribution in [0.1, 0.15) is 32.9 Å². The Labute approximate surface area is 113 Å². The summed E-state index contributed by atoms with van der Waals surface area (Å²) in [5.74, 6) is 5.78. The topological polar surface area (TPSA) is 77.2 Å². The van der Waals surface area contributed by atoms with Crippen molar-refractivity contribution in [3.05, 3.63) is 24.0 Å². The molecule has 0 fully saturated rings. The number of nitrogens with two attached hydrogens (primary N) is 1. The van der Waals surface area contributed by atoms with Crippen molar-refractivity contribution in [3.8, 4) is 11.8 Å². The van der Waals surface area contributed by atoms with Gasteiger partial charge in [-0.05, 0) is 38.8 Å². The van der Waals surface area contributed by atoms with Gasteiger partial charge in [0.2, 0.25) is 0 Å². The Morgan fingerprint density at radius 1 is 1.53 bits per heavy atom. The number of nitrogens with one attached hydrogen (secondary N) is 1. The number of amides is 1. The number of rotatable bonds is 2. The van der Waals surface area contributed by atoms with E-state index < -0.39 is 11.7 Å². The summed E-state index contributed by atoms with van der Waals surface area (Å²) in [5, 5.41) is 2.63. The molecule has 3 N–H and O–H groups in total. The number of nitrogen functional groups attached to an aromatic ring is 1. The maximum Gasteiger partial charge on any atom is 0.407 e. The molecule has 5 heteroatoms. The Morgan fingerprint density at radius 3 is 2.89 bits per heavy atom. The number of carbonyl (C=O) groups is 1. The molecule has 0 radical (unpaired) electrons. The zero-order valence-corrected chi connectivity index (χ0v) is 11.5. The van der Waals surface area contributed by atoms with Crippen LogP contribution >= 0.6 is 0 Å². The number of aromatic nitrogens is 1. The van der Waals surface area contributed by atoms with Crippen molar-refractivity contribution in [2.24, 2.45) is 0 Å². The van der Waals surface area contributed by atoms with Gasteiger partial charge in [-0.2, -0.15) is 0 Å². The van der Waals surface area contributed by atoms with E-state index >= 15 is 0 Å². The molecule has 1 heterocycles. The number of carbonyl (C=O) groups excluding carboxylic acids is 1. The van der Waals surface area contributed by atoms with E-state index in [9.17, 15) is 4.79 Å². The van der Waals surface area contributed by atoms with Gasteiger partial charge in [-0.1, -0.05) is 5.92 Å². The van der Waals surface area contributed by atoms with Crippen LogP contribution in [-0.4, -0.2) is 23.2 Å². The molecule has 0 atom stereocenters. The highest BCUT2D eigenvalue weighted by molar-refractivity contribution is 5.67. The van der Waals surface area contributed by atoms with E-state index in [4.69, 9.17) is 10.5 Å². The molecule has 1 rings (SSSR count). The molecule has 1 aromatic rings. The van der Waals surface area contributed by atoms with Gasteiger partial charge < -0.3 is 15.8 Å². The first kappa shape index (κ1) is 14.8. The number of nitrogens with zero attached hydrogens (tertiary/aromatic N) is 1. The predicted molar refractivity (Wildman–Crippen MR) is 74.4 cm³/mol. The Hall–Kier alpha value is -2.22. The summed E-state index contributed by atoms with van der Waals surface area (Å²) in [7, 11) is 0. The van der Waals surface area contributed by atoms with Gasteiger partial charge in [-0.3, -0.25) is 0 Å². The first-order valence-corrected chi connectivity index (χ1v) is 6.04. The molecular formula is C14H19N3O2. The molecule has 5 nitrogen and oxygen atoms in total. The van der Waals surface area contributed by atoms with E-state index in [1.807, 2.05) is 20.8 Å². The first-order valence-electron chi connectivity index (χ1n) is 6.04. The van der Waals surface area contributed by atoms with E-state index in [0.717, 1.165) is 0 Å². The van der Waals surface area contributed by atoms with Crippen LogP contribution in [0.4, 0.5) is 10.5 Å². The summed E-state index contributed by atoms with van der Waals surface area (Å²) < 4.78 is 5.09. The second-order valence-electron chi connectivity index (χ2n) is 4.95. The number of alkyl carbamates (subject to hydrolysis) is 1. The quantitative estimate of drug-likeness (QED) is 0.630. The van der Waals surface area contributed by atoms with Crippen LogP contribution in [0.25, 0.3) is 0 Å². The average molecular weight is 261 g/mol. The van der Waals surface area contributed by atoms with Crippen LogP contribution in [0.15, 0.2) is 18.3 Å². The maximum absolute atomic E-state index is 11.3. The summed E-state index contributed by atoms with van der Waals surface area (Å²) in [5.41, 5.74) is 6.37. The molecule has 0 aliphatic heterocycles. The molecule has 0 aliphatic carbocycles. The number of pyridine rings is 1. The Morgan fingerprint density at radius 2 is 2.26 bits per heavy atom. The van der Waals surface area contributed by atoms with Gasteiger partial charge in [0.25, 0.3) is 0 Å². The van der Waals surface area contributed by atoms with E-state index in [1.165, 1.54) is 0 Å². The molecule has 0 bridgehead atoms. The van der Waals surface area contributed by atoms with Crippen molar-refractivity contribution in [1.82, 2.24) is 10.3 Å². The van der Waals surface area contributed by atoms with E-state index in [2.05, 4.69) is 22.1 Å². The molecule has 0 saturated heterocycles. The molecule has 102 valence electrons. The van der Waals surface area contributed by atoms with Gasteiger partial charge in [0.1, 0.15) is 11.3 Å². The van der Waals surface area contributed by atoms with Gasteiger partial charge >= 0.3 is 6.09 Å². The molecular weight excluding hydrogens is 242 g/mol. The van der Waals surface area contributed by atoms with E-state index in [1.54, 1.807) is 18.3 Å². The highest BCUT2D eigenvalue weighted by Gasteiger charge is 2.15. The van der Waals surface area contributed by atoms with Crippen LogP contribution in [0, 0.1) is 11.8 Å². The van der Waals surface area contributed by atoms with Crippen LogP contribution in [0.5, 0.6) is 0 Å². The van der Waals surface area contributed by atoms with Crippen LogP contribution in [-0.2, 0) is 4.74 Å². The van der Waals surface area contributed by atoms with Crippen molar-refractivity contribution in [2.75, 3.05) is 12.3 Å². The van der Waals surface area contributed by atoms with Crippen LogP contribution in [0.2, 0.25) is 0 Å². The van der Waals surface area contributed by atoms with Crippen molar-refractivity contribution in [1.29, 1.82) is 0 Å². The molecule has 0 aliphatic rings. The number of hydrogen-bond donors (Lipinski definition) is 2. The summed E-state index contributed by atoms with van der Waals surface area (Å²) >= 11 is 0. The summed E-state index contributed by atoms with van der Waals surface area (Å²) in [6.45, 7) is 5.89. The van der Waals surface area contributed by atoms with Crippen LogP contribution < -0.4 is 11.1 Å². The van der Waals surface area contributed by atoms with Gasteiger partial charge in [-0.15, -0.1) is 0 Å². The lowest BCUT2D eigenvalue weighted by molar-refractivity contribution is 0.0529. The molecule has 19 heavy (non-hydrogen) atoms. The summed E-state index contributed by atoms with van der Waals surface area (Å²) in [6.07, 6.45) is 1.70. The third-order valence-corrected chi connectivity index (χ3v) is 1.92. The van der Waals surface area contributed by atoms with Crippen molar-refractivity contribution in [3.63, 3.8) is 0 Å². The lowest BCUT2D eigenvalue weighted by atomic mass is 10.2. The molecule has 0 spiro atoms. The lowest BCUT2D eigenvalue weighted by Crippen LogP contribution is -2.32. The van der Waals surface area contributed by atoms with Gasteiger partial charge in [0.05, 0.1) is 0 Å². The van der Waals surface area contributed by atoms with Gasteiger partial charge in [0, 0.05) is 24.8 Å². The molecule has 0 unspecified atom stereocenters. The van der Waals surface area contributed by atoms with Crippen molar-refractivity contribution < 1.29 is 9.53 Å². The highest BCUT2D eigenvalue weighted by atomic mass is 16.6. The first-order chi connectivity index (χ1) is 8.87. The largest absolute Gasteiger partial charge is 0.444 e. The van der Waals surface area contributed by atoms with Gasteiger partial charge in [0.15, 0.2) is 0 Å². The normalized spacial score (nSPS) is 10.3. The monoisotopic (exact) mass is 261 g/mol. The molecule has 1 aromatic heterocycles. The molecule has 0 aromatic carbocycles. The zero-order valence-electron chi connectivity index (χ0n) is 11.5. The number of ether oxygens (including phenoxy) is 1. The minimum Gasteiger partial charge on any atom is -0.444 e. The fourth-order valence-corrected chi connectivity index (χ4v) is 1.21. The zero-order chi connectivity index (χ0) is 14.3. The minimum atomic E-state index is -0.485. The standard InChI is InChI=1S/C14H19N3O2/c1-14(2,3)19-13(18)17-8-5-4-6-12-10-11(15)7-9-16-12/h7,9-10H,5,8H2,1-3H3,(H2,15,16)(H,17,18). The third kappa shape index (κ3) is 6.94. The second kappa shape index (κ2) is 6.64. The third-order valence-electron chi connectivity index (χ3n) is 1.92. The average Bonchev–Trinajstić information content (AvgIpc) is 2.26. The Balaban J connectivity index is 2.30. The number of anilines is 1. The second-order valence-corrected chi connectivity index (χ2v) is 4.95. The highest BCUT2D eigenvalue weighted by Crippen LogP contribution is 2.06. The predicted octanol–water partition coefficient (Wildman–Crippen LogP) is 1.93. The molecule has 1 amide bonds. The lowest BCUT2D eigenvalue weighted by Gasteiger charge is -2.19. The van der Waals surface area contributed by atoms with Crippen molar-refractivity contribution >= 4 is 11.8 Å².